The number of carboxylic acids is 1. The smallest absolute Gasteiger partial charge is 0.326 e. The summed E-state index contributed by atoms with van der Waals surface area (Å²) in [6.45, 7) is 6.51. The van der Waals surface area contributed by atoms with Crippen molar-refractivity contribution in [2.75, 3.05) is 6.54 Å². The second kappa shape index (κ2) is 6.61. The van der Waals surface area contributed by atoms with Gasteiger partial charge in [0.1, 0.15) is 6.04 Å². The van der Waals surface area contributed by atoms with Crippen LogP contribution in [0, 0.1) is 5.92 Å². The quantitative estimate of drug-likeness (QED) is 0.809. The fraction of sp³-hybridized carbons (Fsp3) is 0.846. The number of amides is 2. The van der Waals surface area contributed by atoms with Crippen molar-refractivity contribution in [3.05, 3.63) is 0 Å². The minimum atomic E-state index is -0.956. The largest absolute Gasteiger partial charge is 0.480 e. The maximum atomic E-state index is 12.1. The van der Waals surface area contributed by atoms with Gasteiger partial charge in [0, 0.05) is 12.6 Å². The number of nitrogens with zero attached hydrogens (tertiary/aromatic N) is 1. The summed E-state index contributed by atoms with van der Waals surface area (Å²) in [6, 6.07) is -0.836. The van der Waals surface area contributed by atoms with E-state index >= 15 is 0 Å². The SMILES string of the molecule is CCC(C)C(NC(=O)N1CCCCC1C)C(=O)O. The zero-order valence-corrected chi connectivity index (χ0v) is 11.5. The van der Waals surface area contributed by atoms with Crippen molar-refractivity contribution in [2.45, 2.75) is 58.5 Å². The number of piperidine rings is 1. The lowest BCUT2D eigenvalue weighted by Crippen LogP contribution is -2.53. The highest BCUT2D eigenvalue weighted by molar-refractivity contribution is 5.83. The summed E-state index contributed by atoms with van der Waals surface area (Å²) in [7, 11) is 0. The van der Waals surface area contributed by atoms with Crippen LogP contribution in [0.1, 0.15) is 46.5 Å². The molecular weight excluding hydrogens is 232 g/mol. The molecule has 1 fully saturated rings. The van der Waals surface area contributed by atoms with Crippen LogP contribution in [0.4, 0.5) is 4.79 Å². The van der Waals surface area contributed by atoms with E-state index in [1.54, 1.807) is 4.90 Å². The standard InChI is InChI=1S/C13H24N2O3/c1-4-9(2)11(12(16)17)14-13(18)15-8-6-5-7-10(15)3/h9-11H,4-8H2,1-3H3,(H,14,18)(H,16,17). The second-order valence-corrected chi connectivity index (χ2v) is 5.19. The van der Waals surface area contributed by atoms with E-state index in [4.69, 9.17) is 5.11 Å². The summed E-state index contributed by atoms with van der Waals surface area (Å²) < 4.78 is 0. The zero-order chi connectivity index (χ0) is 13.7. The fourth-order valence-corrected chi connectivity index (χ4v) is 2.30. The van der Waals surface area contributed by atoms with Gasteiger partial charge in [0.25, 0.3) is 0 Å². The number of urea groups is 1. The molecule has 3 unspecified atom stereocenters. The average molecular weight is 256 g/mol. The first-order chi connectivity index (χ1) is 8.47. The third kappa shape index (κ3) is 3.62. The summed E-state index contributed by atoms with van der Waals surface area (Å²) in [5, 5.41) is 11.8. The molecule has 1 rings (SSSR count). The van der Waals surface area contributed by atoms with Crippen molar-refractivity contribution in [1.82, 2.24) is 10.2 Å². The molecule has 0 spiro atoms. The van der Waals surface area contributed by atoms with E-state index in [1.807, 2.05) is 20.8 Å². The van der Waals surface area contributed by atoms with Crippen LogP contribution < -0.4 is 5.32 Å². The number of rotatable bonds is 4. The molecule has 0 aromatic heterocycles. The molecule has 0 bridgehead atoms. The van der Waals surface area contributed by atoms with Gasteiger partial charge in [-0.25, -0.2) is 9.59 Å². The number of carbonyl (C=O) groups is 2. The maximum Gasteiger partial charge on any atom is 0.326 e. The van der Waals surface area contributed by atoms with Crippen molar-refractivity contribution < 1.29 is 14.7 Å². The fourth-order valence-electron chi connectivity index (χ4n) is 2.30. The maximum absolute atomic E-state index is 12.1. The van der Waals surface area contributed by atoms with Crippen LogP contribution in [-0.2, 0) is 4.79 Å². The third-order valence-corrected chi connectivity index (χ3v) is 3.82. The lowest BCUT2D eigenvalue weighted by Gasteiger charge is -2.34. The van der Waals surface area contributed by atoms with Crippen LogP contribution in [0.15, 0.2) is 0 Å². The topological polar surface area (TPSA) is 69.6 Å². The Kier molecular flexibility index (Phi) is 5.44. The van der Waals surface area contributed by atoms with Gasteiger partial charge in [0.05, 0.1) is 0 Å². The predicted molar refractivity (Wildman–Crippen MR) is 69.4 cm³/mol. The molecular formula is C13H24N2O3. The van der Waals surface area contributed by atoms with Gasteiger partial charge >= 0.3 is 12.0 Å². The van der Waals surface area contributed by atoms with E-state index in [0.717, 1.165) is 32.2 Å². The van der Waals surface area contributed by atoms with Gasteiger partial charge in [-0.15, -0.1) is 0 Å². The number of carbonyl (C=O) groups excluding carboxylic acids is 1. The molecule has 5 heteroatoms. The number of nitrogens with one attached hydrogen (secondary N) is 1. The van der Waals surface area contributed by atoms with E-state index in [1.165, 1.54) is 0 Å². The first-order valence-electron chi connectivity index (χ1n) is 6.77. The molecule has 104 valence electrons. The minimum absolute atomic E-state index is 0.0634. The molecule has 1 heterocycles. The number of aliphatic carboxylic acids is 1. The highest BCUT2D eigenvalue weighted by Crippen LogP contribution is 2.17. The molecule has 0 aromatic rings. The number of hydrogen-bond acceptors (Lipinski definition) is 2. The first kappa shape index (κ1) is 14.8. The van der Waals surface area contributed by atoms with E-state index < -0.39 is 12.0 Å². The van der Waals surface area contributed by atoms with Crippen molar-refractivity contribution in [3.8, 4) is 0 Å². The van der Waals surface area contributed by atoms with Gasteiger partial charge in [-0.05, 0) is 32.1 Å². The molecule has 0 aliphatic carbocycles. The Morgan fingerprint density at radius 3 is 2.61 bits per heavy atom. The van der Waals surface area contributed by atoms with Gasteiger partial charge < -0.3 is 15.3 Å². The van der Waals surface area contributed by atoms with Crippen molar-refractivity contribution in [1.29, 1.82) is 0 Å². The predicted octanol–water partition coefficient (Wildman–Crippen LogP) is 2.07. The molecule has 0 saturated carbocycles. The molecule has 2 N–H and O–H groups in total. The monoisotopic (exact) mass is 256 g/mol. The minimum Gasteiger partial charge on any atom is -0.480 e. The van der Waals surface area contributed by atoms with Gasteiger partial charge in [-0.1, -0.05) is 20.3 Å². The third-order valence-electron chi connectivity index (χ3n) is 3.82. The number of likely N-dealkylation sites (tertiary alicyclic amines) is 1. The number of carboxylic acid groups (broad SMARTS) is 1. The van der Waals surface area contributed by atoms with Gasteiger partial charge in [-0.2, -0.15) is 0 Å². The zero-order valence-electron chi connectivity index (χ0n) is 11.5. The molecule has 2 amide bonds. The van der Waals surface area contributed by atoms with E-state index in [0.29, 0.717) is 0 Å². The molecule has 5 nitrogen and oxygen atoms in total. The van der Waals surface area contributed by atoms with Crippen LogP contribution in [0.25, 0.3) is 0 Å². The van der Waals surface area contributed by atoms with Crippen molar-refractivity contribution in [2.24, 2.45) is 5.92 Å². The average Bonchev–Trinajstić information content (AvgIpc) is 2.35. The van der Waals surface area contributed by atoms with E-state index in [9.17, 15) is 9.59 Å². The Morgan fingerprint density at radius 2 is 2.11 bits per heavy atom. The van der Waals surface area contributed by atoms with Crippen LogP contribution in [0.2, 0.25) is 0 Å². The van der Waals surface area contributed by atoms with Crippen LogP contribution in [0.5, 0.6) is 0 Å². The van der Waals surface area contributed by atoms with Crippen LogP contribution in [-0.4, -0.2) is 40.6 Å². The molecule has 18 heavy (non-hydrogen) atoms. The van der Waals surface area contributed by atoms with Crippen LogP contribution in [0.3, 0.4) is 0 Å². The molecule has 0 radical (unpaired) electrons. The Labute approximate surface area is 109 Å². The summed E-state index contributed by atoms with van der Waals surface area (Å²) in [5.74, 6) is -1.02. The summed E-state index contributed by atoms with van der Waals surface area (Å²) in [6.07, 6.45) is 3.86. The second-order valence-electron chi connectivity index (χ2n) is 5.19. The Morgan fingerprint density at radius 1 is 1.44 bits per heavy atom. The van der Waals surface area contributed by atoms with Crippen LogP contribution >= 0.6 is 0 Å². The highest BCUT2D eigenvalue weighted by atomic mass is 16.4. The molecule has 1 aliphatic heterocycles. The molecule has 1 saturated heterocycles. The molecule has 0 aromatic carbocycles. The normalized spacial score (nSPS) is 23.3. The van der Waals surface area contributed by atoms with Gasteiger partial charge in [0.2, 0.25) is 0 Å². The lowest BCUT2D eigenvalue weighted by atomic mass is 9.99. The summed E-state index contributed by atoms with van der Waals surface area (Å²) in [5.41, 5.74) is 0. The molecule has 3 atom stereocenters. The van der Waals surface area contributed by atoms with E-state index in [2.05, 4.69) is 5.32 Å². The highest BCUT2D eigenvalue weighted by Gasteiger charge is 2.29. The Balaban J connectivity index is 2.63. The van der Waals surface area contributed by atoms with Gasteiger partial charge in [0.15, 0.2) is 0 Å². The Bertz CT molecular complexity index is 307. The Hall–Kier alpha value is -1.26. The lowest BCUT2D eigenvalue weighted by molar-refractivity contribution is -0.140. The van der Waals surface area contributed by atoms with Crippen molar-refractivity contribution >= 4 is 12.0 Å². The molecule has 1 aliphatic rings. The van der Waals surface area contributed by atoms with Gasteiger partial charge in [-0.3, -0.25) is 0 Å². The summed E-state index contributed by atoms with van der Waals surface area (Å²) in [4.78, 5) is 25.0. The van der Waals surface area contributed by atoms with Crippen molar-refractivity contribution in [3.63, 3.8) is 0 Å². The summed E-state index contributed by atoms with van der Waals surface area (Å²) >= 11 is 0. The first-order valence-corrected chi connectivity index (χ1v) is 6.77. The number of hydrogen-bond donors (Lipinski definition) is 2. The van der Waals surface area contributed by atoms with E-state index in [-0.39, 0.29) is 18.0 Å².